The summed E-state index contributed by atoms with van der Waals surface area (Å²) in [7, 11) is 0. The molecule has 188 valence electrons. The van der Waals surface area contributed by atoms with E-state index in [4.69, 9.17) is 11.6 Å². The second kappa shape index (κ2) is 10.7. The number of rotatable bonds is 7. The number of hydrogen-bond acceptors (Lipinski definition) is 4. The maximum atomic E-state index is 14.3. The van der Waals surface area contributed by atoms with Gasteiger partial charge in [0.1, 0.15) is 5.82 Å². The number of hydrogen-bond donors (Lipinski definition) is 1. The first-order valence-electron chi connectivity index (χ1n) is 12.3. The van der Waals surface area contributed by atoms with Crippen molar-refractivity contribution in [1.82, 2.24) is 15.1 Å². The van der Waals surface area contributed by atoms with Crippen molar-refractivity contribution in [2.24, 2.45) is 11.8 Å². The van der Waals surface area contributed by atoms with Gasteiger partial charge in [0.15, 0.2) is 0 Å². The van der Waals surface area contributed by atoms with Gasteiger partial charge in [-0.1, -0.05) is 48.0 Å². The quantitative estimate of drug-likeness (QED) is 0.448. The van der Waals surface area contributed by atoms with Crippen molar-refractivity contribution in [3.05, 3.63) is 92.4 Å². The third kappa shape index (κ3) is 5.33. The summed E-state index contributed by atoms with van der Waals surface area (Å²) in [5, 5.41) is 3.39. The lowest BCUT2D eigenvalue weighted by Crippen LogP contribution is -2.35. The molecular weight excluding hydrogens is 497 g/mol. The van der Waals surface area contributed by atoms with E-state index in [1.165, 1.54) is 23.5 Å². The summed E-state index contributed by atoms with van der Waals surface area (Å²) < 4.78 is 14.3. The molecule has 2 unspecified atom stereocenters. The Hall–Kier alpha value is -2.74. The molecule has 0 bridgehead atoms. The van der Waals surface area contributed by atoms with Gasteiger partial charge in [-0.15, -0.1) is 11.3 Å². The second-order valence-electron chi connectivity index (χ2n) is 9.72. The fourth-order valence-corrected chi connectivity index (χ4v) is 6.42. The molecule has 2 aliphatic heterocycles. The molecule has 3 aromatic rings. The topological polar surface area (TPSA) is 52.7 Å². The summed E-state index contributed by atoms with van der Waals surface area (Å²) in [4.78, 5) is 31.8. The van der Waals surface area contributed by atoms with Crippen LogP contribution in [0, 0.1) is 24.6 Å². The van der Waals surface area contributed by atoms with Crippen LogP contribution in [-0.2, 0) is 0 Å². The molecule has 2 saturated heterocycles. The van der Waals surface area contributed by atoms with E-state index in [-0.39, 0.29) is 28.4 Å². The van der Waals surface area contributed by atoms with Crippen molar-refractivity contribution in [1.29, 1.82) is 0 Å². The van der Waals surface area contributed by atoms with Crippen LogP contribution >= 0.6 is 22.9 Å². The molecule has 0 aliphatic carbocycles. The fourth-order valence-electron chi connectivity index (χ4n) is 5.40. The Bertz CT molecular complexity index is 1220. The van der Waals surface area contributed by atoms with Crippen molar-refractivity contribution in [3.8, 4) is 0 Å². The summed E-state index contributed by atoms with van der Waals surface area (Å²) in [6, 6.07) is 18.2. The number of nitrogens with zero attached hydrogens (tertiary/aromatic N) is 2. The maximum absolute atomic E-state index is 14.3. The van der Waals surface area contributed by atoms with Gasteiger partial charge in [0.2, 0.25) is 0 Å². The van der Waals surface area contributed by atoms with Crippen LogP contribution in [-0.4, -0.2) is 54.3 Å². The monoisotopic (exact) mass is 525 g/mol. The average molecular weight is 526 g/mol. The minimum absolute atomic E-state index is 0.0293. The number of aryl methyl sites for hydroxylation is 1. The molecule has 3 heterocycles. The maximum Gasteiger partial charge on any atom is 0.261 e. The van der Waals surface area contributed by atoms with Crippen LogP contribution < -0.4 is 5.32 Å². The SMILES string of the molecule is Cc1ccc(C(=O)NC(CCN2CC3CN(C(=O)c4c(F)cccc4Cl)C[C@@H]3C2)c2ccccc2)s1. The van der Waals surface area contributed by atoms with Gasteiger partial charge in [-0.05, 0) is 55.0 Å². The lowest BCUT2D eigenvalue weighted by Gasteiger charge is -2.25. The van der Waals surface area contributed by atoms with E-state index in [0.717, 1.165) is 41.4 Å². The molecule has 2 aliphatic rings. The summed E-state index contributed by atoms with van der Waals surface area (Å²) in [6.07, 6.45) is 0.799. The summed E-state index contributed by atoms with van der Waals surface area (Å²) in [5.74, 6) is -0.217. The van der Waals surface area contributed by atoms with E-state index in [0.29, 0.717) is 24.9 Å². The highest BCUT2D eigenvalue weighted by atomic mass is 35.5. The van der Waals surface area contributed by atoms with Gasteiger partial charge in [-0.2, -0.15) is 0 Å². The molecule has 0 radical (unpaired) electrons. The Kier molecular flexibility index (Phi) is 7.42. The smallest absolute Gasteiger partial charge is 0.261 e. The predicted octanol–water partition coefficient (Wildman–Crippen LogP) is 5.41. The number of carbonyl (C=O) groups is 2. The van der Waals surface area contributed by atoms with Crippen molar-refractivity contribution in [2.75, 3.05) is 32.7 Å². The number of fused-ring (bicyclic) bond motifs is 1. The van der Waals surface area contributed by atoms with Crippen molar-refractivity contribution >= 4 is 34.8 Å². The lowest BCUT2D eigenvalue weighted by molar-refractivity contribution is 0.0769. The van der Waals surface area contributed by atoms with Gasteiger partial charge in [0.05, 0.1) is 21.5 Å². The Labute approximate surface area is 219 Å². The standard InChI is InChI=1S/C28H29ClFN3O2S/c1-18-10-11-25(36-18)27(34)31-24(19-6-3-2-4-7-19)12-13-32-14-20-16-33(17-21(20)15-32)28(35)26-22(29)8-5-9-23(26)30/h2-11,20-21,24H,12-17H2,1H3,(H,31,34)/t20-,21?,24?/m0/s1. The molecule has 1 aromatic heterocycles. The molecule has 5 nitrogen and oxygen atoms in total. The first kappa shape index (κ1) is 24.9. The molecule has 0 saturated carbocycles. The molecule has 8 heteroatoms. The van der Waals surface area contributed by atoms with Crippen molar-refractivity contribution < 1.29 is 14.0 Å². The molecule has 36 heavy (non-hydrogen) atoms. The fraction of sp³-hybridized carbons (Fsp3) is 0.357. The Morgan fingerprint density at radius 3 is 2.39 bits per heavy atom. The number of thiophene rings is 1. The van der Waals surface area contributed by atoms with Crippen LogP contribution in [0.1, 0.15) is 42.9 Å². The Morgan fingerprint density at radius 1 is 1.03 bits per heavy atom. The Morgan fingerprint density at radius 2 is 1.75 bits per heavy atom. The van der Waals surface area contributed by atoms with E-state index in [2.05, 4.69) is 22.3 Å². The molecule has 5 rings (SSSR count). The van der Waals surface area contributed by atoms with Crippen LogP contribution in [0.15, 0.2) is 60.7 Å². The predicted molar refractivity (Wildman–Crippen MR) is 141 cm³/mol. The lowest BCUT2D eigenvalue weighted by atomic mass is 10.0. The van der Waals surface area contributed by atoms with E-state index >= 15 is 0 Å². The highest BCUT2D eigenvalue weighted by Crippen LogP contribution is 2.34. The van der Waals surface area contributed by atoms with E-state index < -0.39 is 5.82 Å². The van der Waals surface area contributed by atoms with Gasteiger partial charge >= 0.3 is 0 Å². The second-order valence-corrected chi connectivity index (χ2v) is 11.4. The zero-order chi connectivity index (χ0) is 25.2. The van der Waals surface area contributed by atoms with Gasteiger partial charge < -0.3 is 15.1 Å². The summed E-state index contributed by atoms with van der Waals surface area (Å²) in [5.41, 5.74) is 1.07. The average Bonchev–Trinajstić information content (AvgIpc) is 3.57. The Balaban J connectivity index is 1.19. The first-order valence-corrected chi connectivity index (χ1v) is 13.5. The molecule has 2 amide bonds. The van der Waals surface area contributed by atoms with Crippen molar-refractivity contribution in [3.63, 3.8) is 0 Å². The molecule has 2 aromatic carbocycles. The van der Waals surface area contributed by atoms with Crippen LogP contribution in [0.2, 0.25) is 5.02 Å². The third-order valence-electron chi connectivity index (χ3n) is 7.23. The normalized spacial score (nSPS) is 20.4. The van der Waals surface area contributed by atoms with Crippen LogP contribution in [0.3, 0.4) is 0 Å². The summed E-state index contributed by atoms with van der Waals surface area (Å²) in [6.45, 7) is 5.85. The van der Waals surface area contributed by atoms with E-state index in [9.17, 15) is 14.0 Å². The van der Waals surface area contributed by atoms with Gasteiger partial charge in [-0.3, -0.25) is 9.59 Å². The number of carbonyl (C=O) groups excluding carboxylic acids is 2. The first-order chi connectivity index (χ1) is 17.4. The number of benzene rings is 2. The highest BCUT2D eigenvalue weighted by Gasteiger charge is 2.42. The highest BCUT2D eigenvalue weighted by molar-refractivity contribution is 7.13. The van der Waals surface area contributed by atoms with Gasteiger partial charge in [-0.25, -0.2) is 4.39 Å². The summed E-state index contributed by atoms with van der Waals surface area (Å²) >= 11 is 7.62. The molecule has 0 spiro atoms. The molecule has 3 atom stereocenters. The zero-order valence-corrected chi connectivity index (χ0v) is 21.7. The van der Waals surface area contributed by atoms with E-state index in [1.807, 2.05) is 37.3 Å². The van der Waals surface area contributed by atoms with Crippen molar-refractivity contribution in [2.45, 2.75) is 19.4 Å². The number of amides is 2. The van der Waals surface area contributed by atoms with Crippen LogP contribution in [0.4, 0.5) is 4.39 Å². The molecule has 2 fully saturated rings. The number of nitrogens with one attached hydrogen (secondary N) is 1. The van der Waals surface area contributed by atoms with E-state index in [1.54, 1.807) is 11.0 Å². The van der Waals surface area contributed by atoms with Crippen LogP contribution in [0.5, 0.6) is 0 Å². The van der Waals surface area contributed by atoms with Gasteiger partial charge in [0, 0.05) is 37.6 Å². The minimum atomic E-state index is -0.571. The zero-order valence-electron chi connectivity index (χ0n) is 20.1. The number of halogens is 2. The van der Waals surface area contributed by atoms with Crippen LogP contribution in [0.25, 0.3) is 0 Å². The molecular formula is C28H29ClFN3O2S. The largest absolute Gasteiger partial charge is 0.344 e. The molecule has 1 N–H and O–H groups in total. The number of likely N-dealkylation sites (tertiary alicyclic amines) is 2. The van der Waals surface area contributed by atoms with Gasteiger partial charge in [0.25, 0.3) is 11.8 Å². The minimum Gasteiger partial charge on any atom is -0.344 e. The third-order valence-corrected chi connectivity index (χ3v) is 8.55.